The maximum absolute atomic E-state index is 5.17. The van der Waals surface area contributed by atoms with Gasteiger partial charge in [-0.25, -0.2) is 0 Å². The van der Waals surface area contributed by atoms with E-state index in [2.05, 4.69) is 31.1 Å². The third-order valence-electron chi connectivity index (χ3n) is 2.42. The first-order valence-electron chi connectivity index (χ1n) is 5.41. The number of rotatable bonds is 5. The summed E-state index contributed by atoms with van der Waals surface area (Å²) in [6, 6.07) is 2.39. The van der Waals surface area contributed by atoms with Crippen LogP contribution in [0, 0.1) is 5.92 Å². The van der Waals surface area contributed by atoms with E-state index in [1.807, 2.05) is 12.3 Å². The van der Waals surface area contributed by atoms with Gasteiger partial charge in [0.05, 0.1) is 13.3 Å². The van der Waals surface area contributed by atoms with E-state index in [0.717, 1.165) is 12.3 Å². The van der Waals surface area contributed by atoms with Crippen LogP contribution >= 0.6 is 0 Å². The summed E-state index contributed by atoms with van der Waals surface area (Å²) in [6.07, 6.45) is 3.63. The summed E-state index contributed by atoms with van der Waals surface area (Å²) in [6.45, 7) is 7.47. The van der Waals surface area contributed by atoms with Gasteiger partial charge in [0.1, 0.15) is 5.75 Å². The smallest absolute Gasteiger partial charge is 0.137 e. The molecule has 0 bridgehead atoms. The minimum atomic E-state index is 0.345. The molecule has 0 amide bonds. The number of ether oxygens (including phenoxy) is 1. The van der Waals surface area contributed by atoms with Crippen molar-refractivity contribution in [1.82, 2.24) is 10.3 Å². The van der Waals surface area contributed by atoms with Crippen LogP contribution in [0.5, 0.6) is 5.75 Å². The number of nitrogens with one attached hydrogen (secondary N) is 1. The maximum atomic E-state index is 5.17. The van der Waals surface area contributed by atoms with Gasteiger partial charge in [0.15, 0.2) is 0 Å². The molecule has 1 atom stereocenters. The zero-order valence-corrected chi connectivity index (χ0v) is 9.95. The van der Waals surface area contributed by atoms with Gasteiger partial charge >= 0.3 is 0 Å². The first kappa shape index (κ1) is 12.0. The maximum Gasteiger partial charge on any atom is 0.137 e. The van der Waals surface area contributed by atoms with Crippen LogP contribution in [0.25, 0.3) is 0 Å². The van der Waals surface area contributed by atoms with Gasteiger partial charge in [-0.05, 0) is 24.1 Å². The molecule has 0 fully saturated rings. The number of pyridine rings is 1. The lowest BCUT2D eigenvalue weighted by Crippen LogP contribution is -2.25. The summed E-state index contributed by atoms with van der Waals surface area (Å²) in [7, 11) is 1.67. The molecule has 0 aliphatic heterocycles. The summed E-state index contributed by atoms with van der Waals surface area (Å²) in [4.78, 5) is 4.18. The van der Waals surface area contributed by atoms with E-state index in [4.69, 9.17) is 4.74 Å². The predicted octanol–water partition coefficient (Wildman–Crippen LogP) is 2.40. The van der Waals surface area contributed by atoms with Gasteiger partial charge in [0, 0.05) is 12.2 Å². The fourth-order valence-corrected chi connectivity index (χ4v) is 1.68. The monoisotopic (exact) mass is 208 g/mol. The lowest BCUT2D eigenvalue weighted by molar-refractivity contribution is 0.400. The molecule has 0 saturated heterocycles. The van der Waals surface area contributed by atoms with Crippen LogP contribution < -0.4 is 10.1 Å². The lowest BCUT2D eigenvalue weighted by Gasteiger charge is -2.22. The second-order valence-electron chi connectivity index (χ2n) is 3.94. The number of nitrogens with zero attached hydrogens (tertiary/aromatic N) is 1. The van der Waals surface area contributed by atoms with Crippen LogP contribution in [0.4, 0.5) is 0 Å². The van der Waals surface area contributed by atoms with Crippen molar-refractivity contribution >= 4 is 0 Å². The van der Waals surface area contributed by atoms with Crippen LogP contribution in [0.2, 0.25) is 0 Å². The highest BCUT2D eigenvalue weighted by molar-refractivity contribution is 5.26. The molecule has 0 aliphatic carbocycles. The van der Waals surface area contributed by atoms with Crippen molar-refractivity contribution in [2.75, 3.05) is 13.7 Å². The van der Waals surface area contributed by atoms with E-state index in [0.29, 0.717) is 12.0 Å². The summed E-state index contributed by atoms with van der Waals surface area (Å²) in [5.74, 6) is 1.36. The van der Waals surface area contributed by atoms with Gasteiger partial charge in [0.2, 0.25) is 0 Å². The molecule has 0 radical (unpaired) electrons. The fraction of sp³-hybridized carbons (Fsp3) is 0.583. The van der Waals surface area contributed by atoms with Gasteiger partial charge in [0.25, 0.3) is 0 Å². The fourth-order valence-electron chi connectivity index (χ4n) is 1.68. The quantitative estimate of drug-likeness (QED) is 0.806. The third-order valence-corrected chi connectivity index (χ3v) is 2.42. The largest absolute Gasteiger partial charge is 0.495 e. The van der Waals surface area contributed by atoms with Crippen LogP contribution in [-0.2, 0) is 0 Å². The van der Waals surface area contributed by atoms with Gasteiger partial charge in [-0.2, -0.15) is 0 Å². The van der Waals surface area contributed by atoms with Gasteiger partial charge in [-0.3, -0.25) is 4.98 Å². The van der Waals surface area contributed by atoms with Gasteiger partial charge in [-0.15, -0.1) is 0 Å². The zero-order chi connectivity index (χ0) is 11.3. The SMILES string of the molecule is CCNC(c1cncc(OC)c1)C(C)C. The zero-order valence-electron chi connectivity index (χ0n) is 9.95. The Hall–Kier alpha value is -1.09. The van der Waals surface area contributed by atoms with Crippen molar-refractivity contribution in [3.05, 3.63) is 24.0 Å². The first-order valence-corrected chi connectivity index (χ1v) is 5.41. The molecule has 0 aliphatic rings. The predicted molar refractivity (Wildman–Crippen MR) is 62.0 cm³/mol. The Morgan fingerprint density at radius 1 is 1.40 bits per heavy atom. The van der Waals surface area contributed by atoms with Crippen LogP contribution in [0.15, 0.2) is 18.5 Å². The number of hydrogen-bond donors (Lipinski definition) is 1. The second kappa shape index (κ2) is 5.71. The van der Waals surface area contributed by atoms with Gasteiger partial charge < -0.3 is 10.1 Å². The Morgan fingerprint density at radius 2 is 2.13 bits per heavy atom. The number of aromatic nitrogens is 1. The molecule has 1 aromatic heterocycles. The Labute approximate surface area is 91.9 Å². The standard InChI is InChI=1S/C12H20N2O/c1-5-14-12(9(2)3)10-6-11(15-4)8-13-7-10/h6-9,12,14H,5H2,1-4H3. The molecule has 1 N–H and O–H groups in total. The summed E-state index contributed by atoms with van der Waals surface area (Å²) < 4.78 is 5.17. The number of hydrogen-bond acceptors (Lipinski definition) is 3. The summed E-state index contributed by atoms with van der Waals surface area (Å²) >= 11 is 0. The first-order chi connectivity index (χ1) is 7.19. The van der Waals surface area contributed by atoms with E-state index in [-0.39, 0.29) is 0 Å². The molecule has 84 valence electrons. The van der Waals surface area contributed by atoms with Crippen LogP contribution in [0.1, 0.15) is 32.4 Å². The average molecular weight is 208 g/mol. The Balaban J connectivity index is 2.89. The van der Waals surface area contributed by atoms with Crippen molar-refractivity contribution in [1.29, 1.82) is 0 Å². The Morgan fingerprint density at radius 3 is 2.67 bits per heavy atom. The topological polar surface area (TPSA) is 34.2 Å². The van der Waals surface area contributed by atoms with Crippen molar-refractivity contribution in [2.24, 2.45) is 5.92 Å². The second-order valence-corrected chi connectivity index (χ2v) is 3.94. The van der Waals surface area contributed by atoms with E-state index in [9.17, 15) is 0 Å². The van der Waals surface area contributed by atoms with Crippen LogP contribution in [-0.4, -0.2) is 18.6 Å². The molecular formula is C12H20N2O. The molecule has 3 nitrogen and oxygen atoms in total. The Bertz CT molecular complexity index is 299. The van der Waals surface area contributed by atoms with E-state index >= 15 is 0 Å². The molecule has 0 saturated carbocycles. The minimum Gasteiger partial charge on any atom is -0.495 e. The summed E-state index contributed by atoms with van der Waals surface area (Å²) in [5.41, 5.74) is 1.19. The molecule has 0 aromatic carbocycles. The highest BCUT2D eigenvalue weighted by Gasteiger charge is 2.15. The van der Waals surface area contributed by atoms with Crippen molar-refractivity contribution in [3.8, 4) is 5.75 Å². The molecule has 1 unspecified atom stereocenters. The molecule has 1 heterocycles. The highest BCUT2D eigenvalue weighted by Crippen LogP contribution is 2.23. The van der Waals surface area contributed by atoms with E-state index in [1.165, 1.54) is 5.56 Å². The van der Waals surface area contributed by atoms with E-state index < -0.39 is 0 Å². The molecule has 1 aromatic rings. The van der Waals surface area contributed by atoms with Gasteiger partial charge in [-0.1, -0.05) is 20.8 Å². The number of methoxy groups -OCH3 is 1. The van der Waals surface area contributed by atoms with Crippen LogP contribution in [0.3, 0.4) is 0 Å². The lowest BCUT2D eigenvalue weighted by atomic mass is 9.97. The highest BCUT2D eigenvalue weighted by atomic mass is 16.5. The molecule has 15 heavy (non-hydrogen) atoms. The normalized spacial score (nSPS) is 12.9. The molecule has 0 spiro atoms. The Kier molecular flexibility index (Phi) is 4.56. The molecular weight excluding hydrogens is 188 g/mol. The van der Waals surface area contributed by atoms with E-state index in [1.54, 1.807) is 13.3 Å². The van der Waals surface area contributed by atoms with Crippen molar-refractivity contribution < 1.29 is 4.74 Å². The average Bonchev–Trinajstić information content (AvgIpc) is 2.25. The van der Waals surface area contributed by atoms with Crippen molar-refractivity contribution in [2.45, 2.75) is 26.8 Å². The molecule has 3 heteroatoms. The molecule has 1 rings (SSSR count). The van der Waals surface area contributed by atoms with Crippen molar-refractivity contribution in [3.63, 3.8) is 0 Å². The third kappa shape index (κ3) is 3.20. The summed E-state index contributed by atoms with van der Waals surface area (Å²) in [5, 5.41) is 3.45. The minimum absolute atomic E-state index is 0.345.